The van der Waals surface area contributed by atoms with Crippen molar-refractivity contribution in [1.82, 2.24) is 10.6 Å². The molecule has 0 saturated carbocycles. The molecule has 0 aromatic heterocycles. The Morgan fingerprint density at radius 3 is 1.06 bits per heavy atom. The maximum absolute atomic E-state index is 12.2. The molecule has 0 aliphatic heterocycles. The number of hydrogen-bond acceptors (Lipinski definition) is 5. The molecule has 0 aliphatic carbocycles. The van der Waals surface area contributed by atoms with E-state index in [1.54, 1.807) is 0 Å². The number of rotatable bonds is 30. The number of hydrogen-bond donors (Lipinski definition) is 5. The Morgan fingerprint density at radius 1 is 0.479 bits per heavy atom. The van der Waals surface area contributed by atoms with Gasteiger partial charge in [0.05, 0.1) is 0 Å². The van der Waals surface area contributed by atoms with E-state index in [1.165, 1.54) is 70.6 Å². The molecule has 0 aromatic carbocycles. The lowest BCUT2D eigenvalue weighted by Crippen LogP contribution is -2.43. The van der Waals surface area contributed by atoms with Crippen molar-refractivity contribution >= 4 is 29.7 Å². The van der Waals surface area contributed by atoms with Crippen LogP contribution in [0.2, 0.25) is 0 Å². The molecule has 0 spiro atoms. The molecule has 0 radical (unpaired) electrons. The molecule has 10 heteroatoms. The Hall–Kier alpha value is -3.09. The zero-order valence-electron chi connectivity index (χ0n) is 31.0. The second kappa shape index (κ2) is 38.4. The fourth-order valence-corrected chi connectivity index (χ4v) is 5.00. The Morgan fingerprint density at radius 2 is 0.771 bits per heavy atom. The van der Waals surface area contributed by atoms with E-state index in [9.17, 15) is 29.1 Å². The van der Waals surface area contributed by atoms with Gasteiger partial charge in [-0.25, -0.2) is 9.59 Å². The molecule has 10 nitrogen and oxygen atoms in total. The highest BCUT2D eigenvalue weighted by Gasteiger charge is 2.23. The third kappa shape index (κ3) is 37.4. The van der Waals surface area contributed by atoms with Crippen molar-refractivity contribution in [2.24, 2.45) is 0 Å². The van der Waals surface area contributed by atoms with E-state index in [4.69, 9.17) is 10.2 Å². The van der Waals surface area contributed by atoms with E-state index in [2.05, 4.69) is 22.5 Å². The largest absolute Gasteiger partial charge is 0.481 e. The van der Waals surface area contributed by atoms with Gasteiger partial charge in [0, 0.05) is 19.3 Å². The quantitative estimate of drug-likeness (QED) is 0.0370. The molecule has 0 bridgehead atoms. The summed E-state index contributed by atoms with van der Waals surface area (Å²) >= 11 is 0. The Kier molecular flexibility index (Phi) is 39.4. The number of aliphatic carboxylic acids is 3. The van der Waals surface area contributed by atoms with Crippen molar-refractivity contribution in [1.29, 1.82) is 0 Å². The average molecular weight is 683 g/mol. The van der Waals surface area contributed by atoms with E-state index in [-0.39, 0.29) is 25.2 Å². The SMILES string of the molecule is CC.CC#CC.CCC[C@H](NC(=O)CC[C@H](NC(=O)CCCCCCCCCCCCCCCCCCCCC(=O)O)C(=O)O)C(=O)O. The lowest BCUT2D eigenvalue weighted by molar-refractivity contribution is -0.143. The minimum Gasteiger partial charge on any atom is -0.481 e. The molecule has 0 rings (SSSR count). The van der Waals surface area contributed by atoms with Gasteiger partial charge in [-0.1, -0.05) is 130 Å². The van der Waals surface area contributed by atoms with E-state index >= 15 is 0 Å². The summed E-state index contributed by atoms with van der Waals surface area (Å²) in [7, 11) is 0. The van der Waals surface area contributed by atoms with Crippen LogP contribution in [0.15, 0.2) is 0 Å². The van der Waals surface area contributed by atoms with Crippen LogP contribution in [0, 0.1) is 11.8 Å². The molecule has 0 saturated heterocycles. The number of carbonyl (C=O) groups is 5. The Balaban J connectivity index is -0.00000312. The van der Waals surface area contributed by atoms with Gasteiger partial charge in [-0.05, 0) is 39.5 Å². The van der Waals surface area contributed by atoms with Gasteiger partial charge in [-0.3, -0.25) is 14.4 Å². The fourth-order valence-electron chi connectivity index (χ4n) is 5.00. The molecule has 2 atom stereocenters. The van der Waals surface area contributed by atoms with Gasteiger partial charge in [0.2, 0.25) is 11.8 Å². The average Bonchev–Trinajstić information content (AvgIpc) is 3.06. The summed E-state index contributed by atoms with van der Waals surface area (Å²) in [5, 5.41) is 32.0. The predicted molar refractivity (Wildman–Crippen MR) is 194 cm³/mol. The van der Waals surface area contributed by atoms with Crippen molar-refractivity contribution in [2.75, 3.05) is 0 Å². The van der Waals surface area contributed by atoms with Gasteiger partial charge < -0.3 is 26.0 Å². The van der Waals surface area contributed by atoms with Gasteiger partial charge in [-0.15, -0.1) is 11.8 Å². The normalized spacial score (nSPS) is 11.3. The summed E-state index contributed by atoms with van der Waals surface area (Å²) < 4.78 is 0. The Bertz CT molecular complexity index is 876. The van der Waals surface area contributed by atoms with Crippen LogP contribution in [0.25, 0.3) is 0 Å². The lowest BCUT2D eigenvalue weighted by atomic mass is 10.0. The van der Waals surface area contributed by atoms with Gasteiger partial charge in [0.15, 0.2) is 0 Å². The van der Waals surface area contributed by atoms with Crippen LogP contribution < -0.4 is 10.6 Å². The number of unbranched alkanes of at least 4 members (excludes halogenated alkanes) is 17. The zero-order chi connectivity index (χ0) is 36.8. The standard InChI is InChI=1S/C32H58N2O8.C4H6.C2H6/c1-2-21-26(31(39)40)33-29(36)25-24-27(32(41)42)34-28(35)22-19-17-15-13-11-9-7-5-3-4-6-8-10-12-14-16-18-20-23-30(37)38;1-3-4-2;1-2/h26-27H,2-25H2,1H3,(H,33,36)(H,34,35)(H,37,38)(H,39,40)(H,41,42);1-2H3;1-2H3/t26-,27-;;/m0../s1. The molecule has 2 amide bonds. The minimum atomic E-state index is -1.21. The third-order valence-electron chi connectivity index (χ3n) is 7.80. The van der Waals surface area contributed by atoms with Gasteiger partial charge in [-0.2, -0.15) is 0 Å². The molecule has 0 aliphatic rings. The molecule has 0 aromatic rings. The molecule has 0 heterocycles. The first-order valence-electron chi connectivity index (χ1n) is 18.7. The number of carboxylic acids is 3. The fraction of sp³-hybridized carbons (Fsp3) is 0.816. The van der Waals surface area contributed by atoms with Gasteiger partial charge in [0.25, 0.3) is 0 Å². The number of carboxylic acid groups (broad SMARTS) is 3. The second-order valence-corrected chi connectivity index (χ2v) is 12.0. The van der Waals surface area contributed by atoms with Crippen LogP contribution in [0.1, 0.15) is 189 Å². The lowest BCUT2D eigenvalue weighted by Gasteiger charge is -2.16. The first kappa shape index (κ1) is 49.3. The van der Waals surface area contributed by atoms with Crippen LogP contribution in [-0.2, 0) is 24.0 Å². The van der Waals surface area contributed by atoms with Gasteiger partial charge in [0.1, 0.15) is 12.1 Å². The van der Waals surface area contributed by atoms with Crippen molar-refractivity contribution < 1.29 is 39.3 Å². The third-order valence-corrected chi connectivity index (χ3v) is 7.80. The summed E-state index contributed by atoms with van der Waals surface area (Å²) in [4.78, 5) is 57.3. The second-order valence-electron chi connectivity index (χ2n) is 12.0. The summed E-state index contributed by atoms with van der Waals surface area (Å²) in [5.41, 5.74) is 0. The zero-order valence-corrected chi connectivity index (χ0v) is 31.0. The molecular weight excluding hydrogens is 612 g/mol. The molecule has 48 heavy (non-hydrogen) atoms. The maximum atomic E-state index is 12.2. The van der Waals surface area contributed by atoms with Crippen LogP contribution in [-0.4, -0.2) is 57.1 Å². The van der Waals surface area contributed by atoms with Crippen LogP contribution >= 0.6 is 0 Å². The smallest absolute Gasteiger partial charge is 0.326 e. The van der Waals surface area contributed by atoms with Crippen molar-refractivity contribution in [3.8, 4) is 11.8 Å². The molecule has 280 valence electrons. The van der Waals surface area contributed by atoms with E-state index in [0.29, 0.717) is 25.7 Å². The predicted octanol–water partition coefficient (Wildman–Crippen LogP) is 8.65. The highest BCUT2D eigenvalue weighted by molar-refractivity contribution is 5.86. The van der Waals surface area contributed by atoms with E-state index in [0.717, 1.165) is 38.5 Å². The van der Waals surface area contributed by atoms with Crippen molar-refractivity contribution in [2.45, 2.75) is 201 Å². The van der Waals surface area contributed by atoms with Crippen LogP contribution in [0.5, 0.6) is 0 Å². The summed E-state index contributed by atoms with van der Waals surface area (Å²) in [5.74, 6) is 1.45. The Labute approximate surface area is 292 Å². The highest BCUT2D eigenvalue weighted by atomic mass is 16.4. The number of amides is 2. The monoisotopic (exact) mass is 683 g/mol. The van der Waals surface area contributed by atoms with Gasteiger partial charge >= 0.3 is 17.9 Å². The van der Waals surface area contributed by atoms with Crippen LogP contribution in [0.4, 0.5) is 0 Å². The molecule has 0 unspecified atom stereocenters. The molecule has 5 N–H and O–H groups in total. The highest BCUT2D eigenvalue weighted by Crippen LogP contribution is 2.15. The van der Waals surface area contributed by atoms with E-state index in [1.807, 2.05) is 34.6 Å². The van der Waals surface area contributed by atoms with Crippen molar-refractivity contribution in [3.63, 3.8) is 0 Å². The minimum absolute atomic E-state index is 0.0931. The number of carbonyl (C=O) groups excluding carboxylic acids is 2. The van der Waals surface area contributed by atoms with Crippen molar-refractivity contribution in [3.05, 3.63) is 0 Å². The van der Waals surface area contributed by atoms with Crippen LogP contribution in [0.3, 0.4) is 0 Å². The number of nitrogens with one attached hydrogen (secondary N) is 2. The van der Waals surface area contributed by atoms with E-state index < -0.39 is 35.9 Å². The summed E-state index contributed by atoms with van der Waals surface area (Å²) in [6.45, 7) is 9.45. The first-order valence-corrected chi connectivity index (χ1v) is 18.7. The summed E-state index contributed by atoms with van der Waals surface area (Å²) in [6.07, 6.45) is 21.9. The molecule has 0 fully saturated rings. The topological polar surface area (TPSA) is 170 Å². The first-order chi connectivity index (χ1) is 23.1. The maximum Gasteiger partial charge on any atom is 0.326 e. The molecular formula is C38H70N2O8. The summed E-state index contributed by atoms with van der Waals surface area (Å²) in [6, 6.07) is -2.17.